The summed E-state index contributed by atoms with van der Waals surface area (Å²) in [5, 5.41) is 12.1. The fourth-order valence-electron chi connectivity index (χ4n) is 2.16. The summed E-state index contributed by atoms with van der Waals surface area (Å²) in [6.07, 6.45) is 1.68. The highest BCUT2D eigenvalue weighted by Crippen LogP contribution is 2.28. The molecular weight excluding hydrogens is 367 g/mol. The Kier molecular flexibility index (Phi) is 4.99. The molecule has 5 nitrogen and oxygen atoms in total. The quantitative estimate of drug-likeness (QED) is 0.678. The van der Waals surface area contributed by atoms with Crippen molar-refractivity contribution >= 4 is 52.2 Å². The van der Waals surface area contributed by atoms with Gasteiger partial charge in [-0.05, 0) is 37.6 Å². The van der Waals surface area contributed by atoms with Crippen LogP contribution in [0.3, 0.4) is 0 Å². The molecule has 8 heteroatoms. The number of anilines is 1. The minimum atomic E-state index is -0.365. The number of nitrogens with zero attached hydrogens (tertiary/aromatic N) is 3. The van der Waals surface area contributed by atoms with Crippen LogP contribution in [0.5, 0.6) is 0 Å². The monoisotopic (exact) mass is 380 g/mol. The van der Waals surface area contributed by atoms with Crippen LogP contribution < -0.4 is 5.32 Å². The highest BCUT2D eigenvalue weighted by Gasteiger charge is 2.19. The van der Waals surface area contributed by atoms with E-state index >= 15 is 0 Å². The molecule has 0 aliphatic rings. The van der Waals surface area contributed by atoms with Crippen molar-refractivity contribution in [2.75, 3.05) is 5.32 Å². The number of aryl methyl sites for hydroxylation is 1. The van der Waals surface area contributed by atoms with Crippen LogP contribution in [-0.2, 0) is 4.79 Å². The lowest BCUT2D eigenvalue weighted by atomic mass is 10.2. The van der Waals surface area contributed by atoms with Gasteiger partial charge in [-0.2, -0.15) is 0 Å². The van der Waals surface area contributed by atoms with E-state index < -0.39 is 0 Å². The van der Waals surface area contributed by atoms with E-state index in [1.165, 1.54) is 11.8 Å². The molecule has 0 aliphatic heterocycles. The van der Waals surface area contributed by atoms with E-state index in [-0.39, 0.29) is 11.2 Å². The fourth-order valence-corrected chi connectivity index (χ4v) is 3.49. The summed E-state index contributed by atoms with van der Waals surface area (Å²) in [5.74, 6) is -0.115. The van der Waals surface area contributed by atoms with Gasteiger partial charge in [-0.3, -0.25) is 9.20 Å². The average Bonchev–Trinajstić information content (AvgIpc) is 2.90. The summed E-state index contributed by atoms with van der Waals surface area (Å²) in [4.78, 5) is 12.4. The normalized spacial score (nSPS) is 12.3. The van der Waals surface area contributed by atoms with E-state index in [0.717, 1.165) is 11.3 Å². The van der Waals surface area contributed by atoms with Crippen LogP contribution in [0, 0.1) is 6.92 Å². The maximum absolute atomic E-state index is 12.4. The highest BCUT2D eigenvalue weighted by molar-refractivity contribution is 8.00. The molecule has 0 aliphatic carbocycles. The Morgan fingerprint density at radius 2 is 2.08 bits per heavy atom. The number of fused-ring (bicyclic) bond motifs is 1. The first-order valence-corrected chi connectivity index (χ1v) is 8.81. The maximum atomic E-state index is 12.4. The number of aromatic nitrogens is 3. The smallest absolute Gasteiger partial charge is 0.237 e. The summed E-state index contributed by atoms with van der Waals surface area (Å²) >= 11 is 13.4. The predicted octanol–water partition coefficient (Wildman–Crippen LogP) is 4.46. The number of hydrogen-bond donors (Lipinski definition) is 1. The van der Waals surface area contributed by atoms with Gasteiger partial charge in [-0.1, -0.05) is 47.1 Å². The summed E-state index contributed by atoms with van der Waals surface area (Å²) in [7, 11) is 0. The van der Waals surface area contributed by atoms with Crippen molar-refractivity contribution in [3.63, 3.8) is 0 Å². The molecule has 1 aromatic carbocycles. The molecule has 0 spiro atoms. The zero-order chi connectivity index (χ0) is 17.3. The number of thioether (sulfide) groups is 1. The molecule has 1 N–H and O–H groups in total. The molecule has 1 amide bonds. The van der Waals surface area contributed by atoms with Crippen LogP contribution in [0.1, 0.15) is 12.5 Å². The Morgan fingerprint density at radius 1 is 1.29 bits per heavy atom. The third-order valence-corrected chi connectivity index (χ3v) is 4.87. The molecule has 0 bridgehead atoms. The molecule has 24 heavy (non-hydrogen) atoms. The molecule has 1 unspecified atom stereocenters. The lowest BCUT2D eigenvalue weighted by Crippen LogP contribution is -2.22. The van der Waals surface area contributed by atoms with E-state index in [1.807, 2.05) is 38.1 Å². The second-order valence-corrected chi connectivity index (χ2v) is 7.45. The van der Waals surface area contributed by atoms with E-state index in [2.05, 4.69) is 15.5 Å². The molecule has 0 saturated heterocycles. The van der Waals surface area contributed by atoms with Gasteiger partial charge in [0.15, 0.2) is 10.8 Å². The van der Waals surface area contributed by atoms with Crippen molar-refractivity contribution in [1.82, 2.24) is 14.6 Å². The van der Waals surface area contributed by atoms with Gasteiger partial charge in [0.05, 0.1) is 15.3 Å². The first-order chi connectivity index (χ1) is 11.4. The van der Waals surface area contributed by atoms with Gasteiger partial charge in [0.2, 0.25) is 5.91 Å². The highest BCUT2D eigenvalue weighted by atomic mass is 35.5. The van der Waals surface area contributed by atoms with Crippen molar-refractivity contribution in [3.8, 4) is 0 Å². The van der Waals surface area contributed by atoms with Crippen LogP contribution in [0.15, 0.2) is 41.7 Å². The topological polar surface area (TPSA) is 59.3 Å². The predicted molar refractivity (Wildman–Crippen MR) is 98.1 cm³/mol. The number of rotatable bonds is 4. The number of pyridine rings is 1. The first-order valence-electron chi connectivity index (χ1n) is 7.18. The largest absolute Gasteiger partial charge is 0.325 e. The molecule has 2 heterocycles. The van der Waals surface area contributed by atoms with Gasteiger partial charge in [0, 0.05) is 11.9 Å². The zero-order valence-electron chi connectivity index (χ0n) is 13.0. The lowest BCUT2D eigenvalue weighted by Gasteiger charge is -2.11. The number of carbonyl (C=O) groups excluding carboxylic acids is 1. The molecule has 0 radical (unpaired) electrons. The second-order valence-electron chi connectivity index (χ2n) is 5.30. The van der Waals surface area contributed by atoms with Crippen LogP contribution >= 0.6 is 35.0 Å². The van der Waals surface area contributed by atoms with E-state index in [1.54, 1.807) is 16.7 Å². The van der Waals surface area contributed by atoms with Gasteiger partial charge in [0.25, 0.3) is 0 Å². The molecule has 2 aromatic heterocycles. The van der Waals surface area contributed by atoms with Crippen molar-refractivity contribution in [2.24, 2.45) is 0 Å². The third-order valence-electron chi connectivity index (χ3n) is 3.33. The number of halogens is 2. The van der Waals surface area contributed by atoms with Gasteiger partial charge in [0.1, 0.15) is 0 Å². The second kappa shape index (κ2) is 7.01. The summed E-state index contributed by atoms with van der Waals surface area (Å²) < 4.78 is 1.69. The number of hydrogen-bond acceptors (Lipinski definition) is 4. The van der Waals surface area contributed by atoms with Crippen molar-refractivity contribution in [2.45, 2.75) is 24.3 Å². The zero-order valence-corrected chi connectivity index (χ0v) is 15.3. The van der Waals surface area contributed by atoms with Crippen LogP contribution in [0.25, 0.3) is 5.65 Å². The number of amides is 1. The Morgan fingerprint density at radius 3 is 2.83 bits per heavy atom. The van der Waals surface area contributed by atoms with Crippen LogP contribution in [0.4, 0.5) is 5.69 Å². The molecule has 0 fully saturated rings. The van der Waals surface area contributed by atoms with Crippen LogP contribution in [-0.4, -0.2) is 25.8 Å². The van der Waals surface area contributed by atoms with Gasteiger partial charge in [-0.25, -0.2) is 0 Å². The number of benzene rings is 1. The van der Waals surface area contributed by atoms with Gasteiger partial charge in [-0.15, -0.1) is 10.2 Å². The number of carbonyl (C=O) groups is 1. The standard InChI is InChI=1S/C16H14Cl2N4OS/c1-9-4-3-5-12(6-9)19-15(23)10(2)24-16-21-20-14-13(18)7-11(17)8-22(14)16/h3-8,10H,1-2H3,(H,19,23). The van der Waals surface area contributed by atoms with Gasteiger partial charge < -0.3 is 5.32 Å². The first kappa shape index (κ1) is 17.1. The molecule has 1 atom stereocenters. The molecule has 3 aromatic rings. The molecule has 124 valence electrons. The minimum Gasteiger partial charge on any atom is -0.325 e. The van der Waals surface area contributed by atoms with Gasteiger partial charge >= 0.3 is 0 Å². The fraction of sp³-hybridized carbons (Fsp3) is 0.188. The Balaban J connectivity index is 1.77. The van der Waals surface area contributed by atoms with Crippen molar-refractivity contribution in [3.05, 3.63) is 52.1 Å². The van der Waals surface area contributed by atoms with E-state index in [0.29, 0.717) is 20.8 Å². The minimum absolute atomic E-state index is 0.115. The van der Waals surface area contributed by atoms with Crippen molar-refractivity contribution < 1.29 is 4.79 Å². The summed E-state index contributed by atoms with van der Waals surface area (Å²) in [5.41, 5.74) is 2.36. The summed E-state index contributed by atoms with van der Waals surface area (Å²) in [6.45, 7) is 3.78. The lowest BCUT2D eigenvalue weighted by molar-refractivity contribution is -0.115. The Labute approximate surface area is 153 Å². The molecule has 0 saturated carbocycles. The maximum Gasteiger partial charge on any atom is 0.237 e. The number of nitrogens with one attached hydrogen (secondary N) is 1. The SMILES string of the molecule is Cc1cccc(NC(=O)C(C)Sc2nnc3c(Cl)cc(Cl)cn23)c1. The Bertz CT molecular complexity index is 912. The van der Waals surface area contributed by atoms with E-state index in [9.17, 15) is 4.79 Å². The van der Waals surface area contributed by atoms with Crippen LogP contribution in [0.2, 0.25) is 10.0 Å². The van der Waals surface area contributed by atoms with E-state index in [4.69, 9.17) is 23.2 Å². The van der Waals surface area contributed by atoms with Crippen molar-refractivity contribution in [1.29, 1.82) is 0 Å². The molecular formula is C16H14Cl2N4OS. The third kappa shape index (κ3) is 3.66. The Hall–Kier alpha value is -1.76. The molecule has 3 rings (SSSR count). The summed E-state index contributed by atoms with van der Waals surface area (Å²) in [6, 6.07) is 9.26. The average molecular weight is 381 g/mol.